The van der Waals surface area contributed by atoms with Gasteiger partial charge in [-0.1, -0.05) is 0 Å². The molecule has 0 unspecified atom stereocenters. The zero-order chi connectivity index (χ0) is 13.4. The minimum Gasteiger partial charge on any atom is -0.394 e. The number of ether oxygens (including phenoxy) is 1. The summed E-state index contributed by atoms with van der Waals surface area (Å²) >= 11 is 0. The summed E-state index contributed by atoms with van der Waals surface area (Å²) in [6, 6.07) is 0. The molecule has 0 aromatic carbocycles. The van der Waals surface area contributed by atoms with Crippen LogP contribution in [0.5, 0.6) is 0 Å². The lowest BCUT2D eigenvalue weighted by Gasteiger charge is -2.17. The summed E-state index contributed by atoms with van der Waals surface area (Å²) in [4.78, 5) is 24.9. The second-order valence-electron chi connectivity index (χ2n) is 4.21. The maximum Gasteiger partial charge on any atom is 0.330 e. The Bertz CT molecular complexity index is 550. The van der Waals surface area contributed by atoms with E-state index in [0.717, 1.165) is 4.57 Å². The van der Waals surface area contributed by atoms with Crippen molar-refractivity contribution in [3.05, 3.63) is 32.6 Å². The van der Waals surface area contributed by atoms with Gasteiger partial charge in [-0.2, -0.15) is 0 Å². The normalized spacial score (nSPS) is 31.8. The average molecular weight is 258 g/mol. The second kappa shape index (κ2) is 4.65. The number of aryl methyl sites for hydroxylation is 1. The third-order valence-corrected chi connectivity index (χ3v) is 2.94. The topological polar surface area (TPSA) is 125 Å². The van der Waals surface area contributed by atoms with Crippen molar-refractivity contribution in [3.63, 3.8) is 0 Å². The molecule has 0 amide bonds. The Morgan fingerprint density at radius 1 is 1.39 bits per heavy atom. The van der Waals surface area contributed by atoms with Crippen LogP contribution in [-0.2, 0) is 4.74 Å². The summed E-state index contributed by atoms with van der Waals surface area (Å²) in [6.07, 6.45) is -3.52. The molecule has 1 fully saturated rings. The van der Waals surface area contributed by atoms with Crippen molar-refractivity contribution >= 4 is 0 Å². The van der Waals surface area contributed by atoms with Gasteiger partial charge in [0, 0.05) is 11.8 Å². The van der Waals surface area contributed by atoms with Crippen molar-refractivity contribution in [2.45, 2.75) is 31.5 Å². The molecule has 18 heavy (non-hydrogen) atoms. The number of rotatable bonds is 2. The molecule has 4 atom stereocenters. The molecule has 4 N–H and O–H groups in total. The third kappa shape index (κ3) is 1.99. The first kappa shape index (κ1) is 13.0. The number of H-pyrrole nitrogens is 1. The highest BCUT2D eigenvalue weighted by Gasteiger charge is 2.43. The van der Waals surface area contributed by atoms with Gasteiger partial charge in [0.05, 0.1) is 6.61 Å². The molecular weight excluding hydrogens is 244 g/mol. The van der Waals surface area contributed by atoms with Gasteiger partial charge in [0.15, 0.2) is 6.23 Å². The van der Waals surface area contributed by atoms with Gasteiger partial charge < -0.3 is 20.1 Å². The molecule has 1 aliphatic rings. The first-order valence-corrected chi connectivity index (χ1v) is 5.40. The molecule has 0 bridgehead atoms. The van der Waals surface area contributed by atoms with Gasteiger partial charge >= 0.3 is 5.69 Å². The zero-order valence-corrected chi connectivity index (χ0v) is 9.61. The molecule has 2 rings (SSSR count). The van der Waals surface area contributed by atoms with Crippen molar-refractivity contribution in [1.82, 2.24) is 9.55 Å². The Hall–Kier alpha value is -1.48. The zero-order valence-electron chi connectivity index (χ0n) is 9.61. The molecule has 0 radical (unpaired) electrons. The van der Waals surface area contributed by atoms with Crippen LogP contribution in [0.4, 0.5) is 0 Å². The van der Waals surface area contributed by atoms with Gasteiger partial charge in [-0.05, 0) is 6.92 Å². The number of nitrogens with one attached hydrogen (secondary N) is 1. The van der Waals surface area contributed by atoms with Gasteiger partial charge in [-0.25, -0.2) is 4.79 Å². The van der Waals surface area contributed by atoms with Crippen molar-refractivity contribution in [3.8, 4) is 0 Å². The Balaban J connectivity index is 2.42. The molecule has 0 spiro atoms. The molecule has 0 aliphatic carbocycles. The minimum absolute atomic E-state index is 0.271. The fraction of sp³-hybridized carbons (Fsp3) is 0.600. The maximum absolute atomic E-state index is 11.6. The maximum atomic E-state index is 11.6. The van der Waals surface area contributed by atoms with E-state index in [9.17, 15) is 19.8 Å². The highest BCUT2D eigenvalue weighted by Crippen LogP contribution is 2.27. The van der Waals surface area contributed by atoms with Crippen LogP contribution in [0.25, 0.3) is 0 Å². The van der Waals surface area contributed by atoms with Crippen LogP contribution in [0, 0.1) is 6.92 Å². The summed E-state index contributed by atoms with van der Waals surface area (Å²) < 4.78 is 6.17. The molecule has 1 aliphatic heterocycles. The lowest BCUT2D eigenvalue weighted by atomic mass is 10.1. The number of nitrogens with zero attached hydrogens (tertiary/aromatic N) is 1. The number of hydrogen-bond acceptors (Lipinski definition) is 6. The van der Waals surface area contributed by atoms with Crippen LogP contribution in [0.1, 0.15) is 11.8 Å². The van der Waals surface area contributed by atoms with Gasteiger partial charge in [0.1, 0.15) is 18.3 Å². The Labute approximate surface area is 101 Å². The summed E-state index contributed by atoms with van der Waals surface area (Å²) in [5.74, 6) is 0. The first-order chi connectivity index (χ1) is 8.45. The third-order valence-electron chi connectivity index (χ3n) is 2.94. The van der Waals surface area contributed by atoms with E-state index in [1.165, 1.54) is 13.1 Å². The number of aromatic nitrogens is 2. The second-order valence-corrected chi connectivity index (χ2v) is 4.21. The highest BCUT2D eigenvalue weighted by molar-refractivity contribution is 5.03. The van der Waals surface area contributed by atoms with E-state index in [1.54, 1.807) is 0 Å². The molecule has 2 heterocycles. The molecule has 0 saturated carbocycles. The highest BCUT2D eigenvalue weighted by atomic mass is 16.6. The standard InChI is InChI=1S/C10H14N2O6/c1-4-2-12(10(17)11-8(4)16)9-7(15)6(14)5(3-13)18-9/h2,5-7,9,13-15H,3H2,1H3,(H,11,16,17)/t5-,6+,7+,9-/m0/s1. The Morgan fingerprint density at radius 2 is 2.06 bits per heavy atom. The van der Waals surface area contributed by atoms with E-state index in [4.69, 9.17) is 9.84 Å². The van der Waals surface area contributed by atoms with E-state index in [0.29, 0.717) is 0 Å². The predicted octanol–water partition coefficient (Wildman–Crippen LogP) is -2.54. The SMILES string of the molecule is Cc1cn([C@H]2O[C@@H](CO)[C@@H](O)[C@H]2O)c(=O)[nH]c1=O. The van der Waals surface area contributed by atoms with Crippen LogP contribution in [0.2, 0.25) is 0 Å². The van der Waals surface area contributed by atoms with Crippen LogP contribution in [-0.4, -0.2) is 49.8 Å². The van der Waals surface area contributed by atoms with Crippen LogP contribution in [0.3, 0.4) is 0 Å². The number of aliphatic hydroxyl groups excluding tert-OH is 3. The number of aliphatic hydroxyl groups is 3. The average Bonchev–Trinajstić information content (AvgIpc) is 2.61. The monoisotopic (exact) mass is 258 g/mol. The van der Waals surface area contributed by atoms with E-state index in [-0.39, 0.29) is 5.56 Å². The molecular formula is C10H14N2O6. The quantitative estimate of drug-likeness (QED) is 0.463. The molecule has 1 aromatic heterocycles. The molecule has 100 valence electrons. The first-order valence-electron chi connectivity index (χ1n) is 5.40. The summed E-state index contributed by atoms with van der Waals surface area (Å²) in [5, 5.41) is 28.3. The Kier molecular flexibility index (Phi) is 3.35. The van der Waals surface area contributed by atoms with E-state index in [1.807, 2.05) is 0 Å². The summed E-state index contributed by atoms with van der Waals surface area (Å²) in [7, 11) is 0. The van der Waals surface area contributed by atoms with Gasteiger partial charge in [0.25, 0.3) is 5.56 Å². The van der Waals surface area contributed by atoms with E-state index >= 15 is 0 Å². The minimum atomic E-state index is -1.36. The summed E-state index contributed by atoms with van der Waals surface area (Å²) in [5.41, 5.74) is -1.00. The van der Waals surface area contributed by atoms with Crippen LogP contribution in [0.15, 0.2) is 15.8 Å². The summed E-state index contributed by atoms with van der Waals surface area (Å²) in [6.45, 7) is 1.02. The van der Waals surface area contributed by atoms with E-state index in [2.05, 4.69) is 4.98 Å². The van der Waals surface area contributed by atoms with E-state index < -0.39 is 42.4 Å². The van der Waals surface area contributed by atoms with Gasteiger partial charge in [-0.15, -0.1) is 0 Å². The van der Waals surface area contributed by atoms with Crippen molar-refractivity contribution in [1.29, 1.82) is 0 Å². The Morgan fingerprint density at radius 3 is 2.61 bits per heavy atom. The number of hydrogen-bond donors (Lipinski definition) is 4. The van der Waals surface area contributed by atoms with Crippen LogP contribution < -0.4 is 11.2 Å². The van der Waals surface area contributed by atoms with Gasteiger partial charge in [-0.3, -0.25) is 14.3 Å². The molecule has 8 nitrogen and oxygen atoms in total. The van der Waals surface area contributed by atoms with Crippen molar-refractivity contribution in [2.75, 3.05) is 6.61 Å². The van der Waals surface area contributed by atoms with Crippen molar-refractivity contribution < 1.29 is 20.1 Å². The lowest BCUT2D eigenvalue weighted by molar-refractivity contribution is -0.0551. The van der Waals surface area contributed by atoms with Crippen LogP contribution >= 0.6 is 0 Å². The number of aromatic amines is 1. The molecule has 8 heteroatoms. The fourth-order valence-corrected chi connectivity index (χ4v) is 1.88. The van der Waals surface area contributed by atoms with Crippen molar-refractivity contribution in [2.24, 2.45) is 0 Å². The van der Waals surface area contributed by atoms with Gasteiger partial charge in [0.2, 0.25) is 0 Å². The lowest BCUT2D eigenvalue weighted by Crippen LogP contribution is -2.38. The predicted molar refractivity (Wildman–Crippen MR) is 59.1 cm³/mol. The molecule has 1 saturated heterocycles. The largest absolute Gasteiger partial charge is 0.394 e. The fourth-order valence-electron chi connectivity index (χ4n) is 1.88. The molecule has 1 aromatic rings. The smallest absolute Gasteiger partial charge is 0.330 e.